The van der Waals surface area contributed by atoms with E-state index in [1.807, 2.05) is 44.2 Å². The number of fused-ring (bicyclic) bond motifs is 3. The molecule has 4 aromatic rings. The molecule has 148 valence electrons. The lowest BCUT2D eigenvalue weighted by atomic mass is 10.0. The van der Waals surface area contributed by atoms with Gasteiger partial charge >= 0.3 is 11.6 Å². The van der Waals surface area contributed by atoms with Crippen molar-refractivity contribution >= 4 is 39.5 Å². The molecule has 2 aromatic carbocycles. The maximum absolute atomic E-state index is 12.2. The molecule has 29 heavy (non-hydrogen) atoms. The van der Waals surface area contributed by atoms with E-state index in [2.05, 4.69) is 5.16 Å². The first-order valence-corrected chi connectivity index (χ1v) is 10.3. The topological polar surface area (TPSA) is 82.5 Å². The van der Waals surface area contributed by atoms with Crippen LogP contribution in [0.25, 0.3) is 21.7 Å². The quantitative estimate of drug-likeness (QED) is 0.263. The largest absolute Gasteiger partial charge is 0.460 e. The van der Waals surface area contributed by atoms with Gasteiger partial charge in [0.1, 0.15) is 18.0 Å². The summed E-state index contributed by atoms with van der Waals surface area (Å²) in [6, 6.07) is 12.9. The molecule has 7 heteroatoms. The van der Waals surface area contributed by atoms with Crippen molar-refractivity contribution in [1.29, 1.82) is 0 Å². The summed E-state index contributed by atoms with van der Waals surface area (Å²) in [4.78, 5) is 24.1. The summed E-state index contributed by atoms with van der Waals surface area (Å²) in [5.41, 5.74) is 2.48. The van der Waals surface area contributed by atoms with Gasteiger partial charge in [0.15, 0.2) is 0 Å². The molecule has 0 N–H and O–H groups in total. The van der Waals surface area contributed by atoms with Crippen molar-refractivity contribution in [1.82, 2.24) is 5.16 Å². The first-order valence-electron chi connectivity index (χ1n) is 9.12. The van der Waals surface area contributed by atoms with Crippen LogP contribution in [0, 0.1) is 13.8 Å². The smallest absolute Gasteiger partial charge is 0.336 e. The zero-order chi connectivity index (χ0) is 20.4. The second-order valence-corrected chi connectivity index (χ2v) is 7.69. The predicted molar refractivity (Wildman–Crippen MR) is 112 cm³/mol. The number of carbonyl (C=O) groups excluding carboxylic acids is 1. The molecule has 6 nitrogen and oxygen atoms in total. The molecular formula is C22H19NO5S. The molecule has 0 saturated carbocycles. The van der Waals surface area contributed by atoms with Gasteiger partial charge in [0, 0.05) is 28.3 Å². The normalized spacial score (nSPS) is 11.2. The van der Waals surface area contributed by atoms with E-state index < -0.39 is 5.63 Å². The van der Waals surface area contributed by atoms with Crippen molar-refractivity contribution < 1.29 is 18.5 Å². The van der Waals surface area contributed by atoms with Crippen molar-refractivity contribution in [2.24, 2.45) is 0 Å². The number of hydrogen-bond acceptors (Lipinski definition) is 7. The van der Waals surface area contributed by atoms with E-state index in [9.17, 15) is 9.59 Å². The van der Waals surface area contributed by atoms with Gasteiger partial charge in [-0.05, 0) is 30.7 Å². The minimum absolute atomic E-state index is 0.0147. The molecule has 0 aliphatic heterocycles. The SMILES string of the molecule is Cc1noc(C)c1CSCC(=O)OCc1cc(=O)oc2ccc3ccccc3c12. The fourth-order valence-corrected chi connectivity index (χ4v) is 4.25. The van der Waals surface area contributed by atoms with E-state index in [-0.39, 0.29) is 18.3 Å². The highest BCUT2D eigenvalue weighted by Gasteiger charge is 2.13. The van der Waals surface area contributed by atoms with Crippen LogP contribution in [0.2, 0.25) is 0 Å². The van der Waals surface area contributed by atoms with E-state index >= 15 is 0 Å². The number of benzene rings is 2. The second kappa shape index (κ2) is 8.13. The lowest BCUT2D eigenvalue weighted by Gasteiger charge is -2.09. The zero-order valence-electron chi connectivity index (χ0n) is 16.1. The maximum Gasteiger partial charge on any atom is 0.336 e. The van der Waals surface area contributed by atoms with Crippen LogP contribution < -0.4 is 5.63 Å². The molecule has 0 spiro atoms. The lowest BCUT2D eigenvalue weighted by Crippen LogP contribution is -2.10. The van der Waals surface area contributed by atoms with Gasteiger partial charge in [0.05, 0.1) is 11.4 Å². The Morgan fingerprint density at radius 2 is 2.00 bits per heavy atom. The number of thioether (sulfide) groups is 1. The van der Waals surface area contributed by atoms with Gasteiger partial charge in [0.2, 0.25) is 0 Å². The molecule has 0 bridgehead atoms. The van der Waals surface area contributed by atoms with E-state index in [0.717, 1.165) is 33.2 Å². The Bertz CT molecular complexity index is 1240. The molecule has 0 radical (unpaired) electrons. The number of ether oxygens (including phenoxy) is 1. The summed E-state index contributed by atoms with van der Waals surface area (Å²) in [5.74, 6) is 1.24. The minimum Gasteiger partial charge on any atom is -0.460 e. The highest BCUT2D eigenvalue weighted by atomic mass is 32.2. The standard InChI is InChI=1S/C22H19NO5S/c1-13-18(14(2)28-23-13)11-29-12-21(25)26-10-16-9-20(24)27-19-8-7-15-5-3-4-6-17(15)22(16)19/h3-9H,10-12H2,1-2H3. The van der Waals surface area contributed by atoms with Gasteiger partial charge in [-0.2, -0.15) is 0 Å². The maximum atomic E-state index is 12.2. The molecule has 4 rings (SSSR count). The Morgan fingerprint density at radius 3 is 2.79 bits per heavy atom. The summed E-state index contributed by atoms with van der Waals surface area (Å²) in [6.07, 6.45) is 0. The molecule has 0 amide bonds. The van der Waals surface area contributed by atoms with E-state index in [1.54, 1.807) is 6.07 Å². The average Bonchev–Trinajstić information content (AvgIpc) is 3.03. The third-order valence-corrected chi connectivity index (χ3v) is 5.68. The summed E-state index contributed by atoms with van der Waals surface area (Å²) < 4.78 is 15.9. The summed E-state index contributed by atoms with van der Waals surface area (Å²) in [7, 11) is 0. The molecule has 2 heterocycles. The van der Waals surface area contributed by atoms with Crippen LogP contribution in [0.15, 0.2) is 56.2 Å². The van der Waals surface area contributed by atoms with Gasteiger partial charge in [-0.3, -0.25) is 4.79 Å². The van der Waals surface area contributed by atoms with E-state index in [4.69, 9.17) is 13.7 Å². The fraction of sp³-hybridized carbons (Fsp3) is 0.227. The van der Waals surface area contributed by atoms with Crippen molar-refractivity contribution in [3.8, 4) is 0 Å². The Balaban J connectivity index is 1.48. The molecule has 0 fully saturated rings. The molecular weight excluding hydrogens is 390 g/mol. The molecule has 0 aliphatic rings. The van der Waals surface area contributed by atoms with Crippen LogP contribution in [-0.2, 0) is 21.9 Å². The predicted octanol–water partition coefficient (Wildman–Crippen LogP) is 4.53. The Kier molecular flexibility index (Phi) is 5.40. The summed E-state index contributed by atoms with van der Waals surface area (Å²) >= 11 is 1.44. The third kappa shape index (κ3) is 4.05. The van der Waals surface area contributed by atoms with Crippen LogP contribution in [-0.4, -0.2) is 16.9 Å². The Hall–Kier alpha value is -3.06. The van der Waals surface area contributed by atoms with Crippen molar-refractivity contribution in [3.05, 3.63) is 75.5 Å². The highest BCUT2D eigenvalue weighted by molar-refractivity contribution is 7.99. The van der Waals surface area contributed by atoms with Crippen LogP contribution in [0.5, 0.6) is 0 Å². The van der Waals surface area contributed by atoms with Crippen molar-refractivity contribution in [3.63, 3.8) is 0 Å². The molecule has 0 aliphatic carbocycles. The second-order valence-electron chi connectivity index (χ2n) is 6.71. The number of nitrogens with zero attached hydrogens (tertiary/aromatic N) is 1. The van der Waals surface area contributed by atoms with Crippen LogP contribution >= 0.6 is 11.8 Å². The molecule has 0 atom stereocenters. The van der Waals surface area contributed by atoms with Gasteiger partial charge < -0.3 is 13.7 Å². The van der Waals surface area contributed by atoms with Crippen molar-refractivity contribution in [2.45, 2.75) is 26.2 Å². The first kappa shape index (κ1) is 19.3. The number of esters is 1. The van der Waals surface area contributed by atoms with Gasteiger partial charge in [-0.15, -0.1) is 11.8 Å². The van der Waals surface area contributed by atoms with Crippen LogP contribution in [0.4, 0.5) is 0 Å². The first-order chi connectivity index (χ1) is 14.0. The van der Waals surface area contributed by atoms with Gasteiger partial charge in [0.25, 0.3) is 0 Å². The van der Waals surface area contributed by atoms with Gasteiger partial charge in [-0.25, -0.2) is 4.79 Å². The highest BCUT2D eigenvalue weighted by Crippen LogP contribution is 2.28. The molecule has 0 unspecified atom stereocenters. The summed E-state index contributed by atoms with van der Waals surface area (Å²) in [6.45, 7) is 3.74. The zero-order valence-corrected chi connectivity index (χ0v) is 16.9. The number of hydrogen-bond donors (Lipinski definition) is 0. The Morgan fingerprint density at radius 1 is 1.17 bits per heavy atom. The number of carbonyl (C=O) groups is 1. The molecule has 0 saturated heterocycles. The average molecular weight is 409 g/mol. The number of aromatic nitrogens is 1. The van der Waals surface area contributed by atoms with Crippen molar-refractivity contribution in [2.75, 3.05) is 5.75 Å². The van der Waals surface area contributed by atoms with Crippen LogP contribution in [0.1, 0.15) is 22.6 Å². The third-order valence-electron chi connectivity index (χ3n) is 4.75. The van der Waals surface area contributed by atoms with Gasteiger partial charge in [-0.1, -0.05) is 35.5 Å². The van der Waals surface area contributed by atoms with E-state index in [0.29, 0.717) is 16.9 Å². The fourth-order valence-electron chi connectivity index (χ4n) is 3.28. The monoisotopic (exact) mass is 409 g/mol. The Labute approximate surface area is 170 Å². The lowest BCUT2D eigenvalue weighted by molar-refractivity contribution is -0.141. The minimum atomic E-state index is -0.466. The summed E-state index contributed by atoms with van der Waals surface area (Å²) in [5, 5.41) is 6.68. The molecule has 2 aromatic heterocycles. The number of aryl methyl sites for hydroxylation is 2. The van der Waals surface area contributed by atoms with E-state index in [1.165, 1.54) is 17.8 Å². The number of rotatable bonds is 6. The van der Waals surface area contributed by atoms with Crippen LogP contribution in [0.3, 0.4) is 0 Å².